The molecule has 0 radical (unpaired) electrons. The fourth-order valence-electron chi connectivity index (χ4n) is 5.28. The lowest BCUT2D eigenvalue weighted by Gasteiger charge is -2.37. The first-order chi connectivity index (χ1) is 16.5. The van der Waals surface area contributed by atoms with E-state index in [4.69, 9.17) is 5.10 Å². The van der Waals surface area contributed by atoms with Crippen molar-refractivity contribution in [3.8, 4) is 11.4 Å². The van der Waals surface area contributed by atoms with Crippen molar-refractivity contribution < 1.29 is 0 Å². The Labute approximate surface area is 202 Å². The summed E-state index contributed by atoms with van der Waals surface area (Å²) in [6.45, 7) is 7.54. The van der Waals surface area contributed by atoms with E-state index in [0.717, 1.165) is 60.5 Å². The third-order valence-electron chi connectivity index (χ3n) is 7.22. The molecule has 6 nitrogen and oxygen atoms in total. The predicted octanol–water partition coefficient (Wildman–Crippen LogP) is 5.25. The maximum Gasteiger partial charge on any atom is 0.159 e. The maximum absolute atomic E-state index is 4.72. The zero-order valence-electron chi connectivity index (χ0n) is 20.6. The van der Waals surface area contributed by atoms with Crippen molar-refractivity contribution in [2.45, 2.75) is 45.2 Å². The normalized spacial score (nSPS) is 15.1. The fourth-order valence-corrected chi connectivity index (χ4v) is 5.28. The number of anilines is 1. The van der Waals surface area contributed by atoms with Crippen molar-refractivity contribution >= 4 is 16.6 Å². The highest BCUT2D eigenvalue weighted by Gasteiger charge is 2.26. The van der Waals surface area contributed by atoms with Gasteiger partial charge in [-0.1, -0.05) is 62.4 Å². The second-order valence-electron chi connectivity index (χ2n) is 9.74. The van der Waals surface area contributed by atoms with Gasteiger partial charge in [0.15, 0.2) is 5.82 Å². The Kier molecular flexibility index (Phi) is 6.33. The lowest BCUT2D eigenvalue weighted by atomic mass is 9.96. The molecule has 5 rings (SSSR count). The van der Waals surface area contributed by atoms with Gasteiger partial charge in [-0.3, -0.25) is 9.58 Å². The molecular formula is C28H34N6. The van der Waals surface area contributed by atoms with Crippen LogP contribution in [0.1, 0.15) is 43.7 Å². The van der Waals surface area contributed by atoms with Crippen LogP contribution in [0.4, 0.5) is 5.82 Å². The van der Waals surface area contributed by atoms with Gasteiger partial charge in [-0.15, -0.1) is 10.2 Å². The lowest BCUT2D eigenvalue weighted by Crippen LogP contribution is -2.43. The average Bonchev–Trinajstić information content (AvgIpc) is 3.29. The zero-order valence-corrected chi connectivity index (χ0v) is 20.6. The Morgan fingerprint density at radius 2 is 1.65 bits per heavy atom. The molecule has 1 saturated heterocycles. The quantitative estimate of drug-likeness (QED) is 0.398. The summed E-state index contributed by atoms with van der Waals surface area (Å²) in [6.07, 6.45) is 4.06. The number of piperidine rings is 1. The molecule has 2 aromatic heterocycles. The van der Waals surface area contributed by atoms with E-state index in [2.05, 4.69) is 89.4 Å². The minimum Gasteiger partial charge on any atom is -0.354 e. The molecule has 1 fully saturated rings. The Bertz CT molecular complexity index is 1270. The van der Waals surface area contributed by atoms with Crippen molar-refractivity contribution in [3.05, 3.63) is 71.9 Å². The second kappa shape index (κ2) is 9.55. The third kappa shape index (κ3) is 4.30. The Morgan fingerprint density at radius 1 is 0.941 bits per heavy atom. The van der Waals surface area contributed by atoms with Crippen LogP contribution in [-0.4, -0.2) is 51.1 Å². The first kappa shape index (κ1) is 22.5. The monoisotopic (exact) mass is 454 g/mol. The van der Waals surface area contributed by atoms with E-state index >= 15 is 0 Å². The van der Waals surface area contributed by atoms with Gasteiger partial charge < -0.3 is 4.90 Å². The van der Waals surface area contributed by atoms with E-state index in [0.29, 0.717) is 12.0 Å². The number of rotatable bonds is 6. The summed E-state index contributed by atoms with van der Waals surface area (Å²) in [6, 6.07) is 19.9. The van der Waals surface area contributed by atoms with Crippen LogP contribution in [0.25, 0.3) is 22.2 Å². The molecule has 0 unspecified atom stereocenters. The van der Waals surface area contributed by atoms with Crippen LogP contribution >= 0.6 is 0 Å². The summed E-state index contributed by atoms with van der Waals surface area (Å²) in [5.74, 6) is 1.54. The van der Waals surface area contributed by atoms with Gasteiger partial charge in [0.05, 0.1) is 5.69 Å². The number of aryl methyl sites for hydroxylation is 1. The predicted molar refractivity (Wildman–Crippen MR) is 139 cm³/mol. The summed E-state index contributed by atoms with van der Waals surface area (Å²) in [5, 5.41) is 16.0. The molecule has 0 amide bonds. The number of aromatic nitrogens is 4. The highest BCUT2D eigenvalue weighted by molar-refractivity contribution is 5.99. The van der Waals surface area contributed by atoms with Gasteiger partial charge in [0.1, 0.15) is 5.69 Å². The smallest absolute Gasteiger partial charge is 0.159 e. The van der Waals surface area contributed by atoms with Gasteiger partial charge in [0, 0.05) is 49.7 Å². The number of hydrogen-bond acceptors (Lipinski definition) is 5. The van der Waals surface area contributed by atoms with Crippen LogP contribution in [-0.2, 0) is 13.6 Å². The highest BCUT2D eigenvalue weighted by atomic mass is 15.3. The summed E-state index contributed by atoms with van der Waals surface area (Å²) >= 11 is 0. The Hall–Kier alpha value is -3.25. The molecule has 0 atom stereocenters. The van der Waals surface area contributed by atoms with Gasteiger partial charge >= 0.3 is 0 Å². The Morgan fingerprint density at radius 3 is 2.35 bits per heavy atom. The first-order valence-corrected chi connectivity index (χ1v) is 12.3. The van der Waals surface area contributed by atoms with Gasteiger partial charge in [-0.2, -0.15) is 5.10 Å². The van der Waals surface area contributed by atoms with Crippen LogP contribution in [0.15, 0.2) is 60.8 Å². The number of nitrogens with zero attached hydrogens (tertiary/aromatic N) is 6. The number of hydrogen-bond donors (Lipinski definition) is 0. The zero-order chi connectivity index (χ0) is 23.7. The summed E-state index contributed by atoms with van der Waals surface area (Å²) in [7, 11) is 4.22. The summed E-state index contributed by atoms with van der Waals surface area (Å²) < 4.78 is 1.86. The van der Waals surface area contributed by atoms with Crippen molar-refractivity contribution in [2.24, 2.45) is 7.05 Å². The van der Waals surface area contributed by atoms with E-state index in [-0.39, 0.29) is 0 Å². The summed E-state index contributed by atoms with van der Waals surface area (Å²) in [4.78, 5) is 4.95. The second-order valence-corrected chi connectivity index (χ2v) is 9.74. The third-order valence-corrected chi connectivity index (χ3v) is 7.22. The molecule has 0 aliphatic carbocycles. The topological polar surface area (TPSA) is 50.1 Å². The van der Waals surface area contributed by atoms with Crippen molar-refractivity contribution in [3.63, 3.8) is 0 Å². The molecule has 3 heterocycles. The van der Waals surface area contributed by atoms with Gasteiger partial charge in [0.2, 0.25) is 0 Å². The number of benzene rings is 2. The average molecular weight is 455 g/mol. The van der Waals surface area contributed by atoms with Gasteiger partial charge in [-0.05, 0) is 43.0 Å². The highest BCUT2D eigenvalue weighted by Crippen LogP contribution is 2.33. The van der Waals surface area contributed by atoms with Crippen LogP contribution in [0.3, 0.4) is 0 Å². The minimum absolute atomic E-state index is 0.549. The van der Waals surface area contributed by atoms with Gasteiger partial charge in [0.25, 0.3) is 0 Å². The molecule has 2 aromatic carbocycles. The first-order valence-electron chi connectivity index (χ1n) is 12.3. The van der Waals surface area contributed by atoms with Crippen LogP contribution in [0, 0.1) is 0 Å². The number of fused-ring (bicyclic) bond motifs is 1. The standard InChI is InChI=1S/C28H34N6/c1-20(2)23-10-6-5-9-21(23)19-32(3)22-14-17-34(18-15-22)28-25-12-8-7-11-24(25)27(30-31-28)26-13-16-29-33(26)4/h5-13,16,20,22H,14-15,17-19H2,1-4H3. The van der Waals surface area contributed by atoms with Crippen LogP contribution < -0.4 is 4.90 Å². The van der Waals surface area contributed by atoms with Crippen molar-refractivity contribution in [2.75, 3.05) is 25.0 Å². The van der Waals surface area contributed by atoms with E-state index < -0.39 is 0 Å². The van der Waals surface area contributed by atoms with E-state index in [1.54, 1.807) is 6.20 Å². The van der Waals surface area contributed by atoms with E-state index in [9.17, 15) is 0 Å². The molecule has 0 N–H and O–H groups in total. The SMILES string of the molecule is CC(C)c1ccccc1CN(C)C1CCN(c2nnc(-c3ccnn3C)c3ccccc23)CC1. The van der Waals surface area contributed by atoms with Crippen LogP contribution in [0.2, 0.25) is 0 Å². The summed E-state index contributed by atoms with van der Waals surface area (Å²) in [5.41, 5.74) is 4.78. The van der Waals surface area contributed by atoms with Crippen molar-refractivity contribution in [1.29, 1.82) is 0 Å². The molecule has 176 valence electrons. The van der Waals surface area contributed by atoms with E-state index in [1.807, 2.05) is 17.8 Å². The molecule has 4 aromatic rings. The van der Waals surface area contributed by atoms with Gasteiger partial charge in [-0.25, -0.2) is 0 Å². The fraction of sp³-hybridized carbons (Fsp3) is 0.393. The molecule has 0 bridgehead atoms. The molecule has 0 spiro atoms. The molecular weight excluding hydrogens is 420 g/mol. The van der Waals surface area contributed by atoms with E-state index in [1.165, 1.54) is 11.1 Å². The van der Waals surface area contributed by atoms with Crippen LogP contribution in [0.5, 0.6) is 0 Å². The van der Waals surface area contributed by atoms with Crippen molar-refractivity contribution in [1.82, 2.24) is 24.9 Å². The largest absolute Gasteiger partial charge is 0.354 e. The molecule has 1 aliphatic rings. The molecule has 0 saturated carbocycles. The molecule has 34 heavy (non-hydrogen) atoms. The molecule has 6 heteroatoms. The Balaban J connectivity index is 1.33. The molecule has 1 aliphatic heterocycles. The minimum atomic E-state index is 0.549. The lowest BCUT2D eigenvalue weighted by molar-refractivity contribution is 0.199. The maximum atomic E-state index is 4.72.